The zero-order valence-corrected chi connectivity index (χ0v) is 18.5. The number of hydrogen-bond acceptors (Lipinski definition) is 4. The Morgan fingerprint density at radius 3 is 2.45 bits per heavy atom. The van der Waals surface area contributed by atoms with Crippen LogP contribution in [0.1, 0.15) is 43.0 Å². The van der Waals surface area contributed by atoms with Crippen LogP contribution in [0.15, 0.2) is 46.9 Å². The zero-order chi connectivity index (χ0) is 21.1. The maximum Gasteiger partial charge on any atom is 0.276 e. The molecule has 2 aromatic carbocycles. The van der Waals surface area contributed by atoms with Crippen LogP contribution in [-0.2, 0) is 4.79 Å². The van der Waals surface area contributed by atoms with E-state index in [2.05, 4.69) is 33.7 Å². The third-order valence-electron chi connectivity index (χ3n) is 3.95. The lowest BCUT2D eigenvalue weighted by atomic mass is 10.2. The van der Waals surface area contributed by atoms with E-state index in [0.29, 0.717) is 28.7 Å². The van der Waals surface area contributed by atoms with E-state index < -0.39 is 11.8 Å². The van der Waals surface area contributed by atoms with Gasteiger partial charge in [-0.25, -0.2) is 0 Å². The van der Waals surface area contributed by atoms with Crippen LogP contribution in [0.4, 0.5) is 0 Å². The molecule has 0 saturated carbocycles. The summed E-state index contributed by atoms with van der Waals surface area (Å²) in [6, 6.07) is 11.8. The molecule has 0 saturated heterocycles. The minimum atomic E-state index is -0.510. The first-order valence-electron chi connectivity index (χ1n) is 9.39. The second-order valence-electron chi connectivity index (χ2n) is 6.30. The topological polar surface area (TPSA) is 76.7 Å². The summed E-state index contributed by atoms with van der Waals surface area (Å²) in [6.45, 7) is 2.54. The fourth-order valence-electron chi connectivity index (χ4n) is 2.39. The molecule has 0 aromatic heterocycles. The summed E-state index contributed by atoms with van der Waals surface area (Å²) in [5, 5.41) is 0.379. The van der Waals surface area contributed by atoms with E-state index in [4.69, 9.17) is 21.1 Å². The third-order valence-corrected chi connectivity index (χ3v) is 4.74. The maximum absolute atomic E-state index is 12.1. The van der Waals surface area contributed by atoms with Gasteiger partial charge < -0.3 is 9.47 Å². The maximum atomic E-state index is 12.1. The van der Waals surface area contributed by atoms with Crippen molar-refractivity contribution in [3.8, 4) is 11.5 Å². The number of unbranched alkanes of at least 4 members (excludes halogenated alkanes) is 3. The predicted octanol–water partition coefficient (Wildman–Crippen LogP) is 4.90. The molecule has 0 atom stereocenters. The fourth-order valence-corrected chi connectivity index (χ4v) is 3.12. The van der Waals surface area contributed by atoms with Crippen molar-refractivity contribution in [3.05, 3.63) is 57.5 Å². The summed E-state index contributed by atoms with van der Waals surface area (Å²) < 4.78 is 11.8. The van der Waals surface area contributed by atoms with E-state index in [1.807, 2.05) is 0 Å². The fraction of sp³-hybridized carbons (Fsp3) is 0.333. The molecule has 0 aliphatic heterocycles. The lowest BCUT2D eigenvalue weighted by molar-refractivity contribution is -0.123. The average Bonchev–Trinajstić information content (AvgIpc) is 2.71. The number of carbonyl (C=O) groups is 2. The number of halogens is 2. The van der Waals surface area contributed by atoms with Crippen LogP contribution >= 0.6 is 27.5 Å². The van der Waals surface area contributed by atoms with Crippen molar-refractivity contribution in [3.63, 3.8) is 0 Å². The first kappa shape index (κ1) is 23.0. The Bertz CT molecular complexity index is 815. The molecule has 0 radical (unpaired) electrons. The van der Waals surface area contributed by atoms with Gasteiger partial charge in [0.05, 0.1) is 11.6 Å². The molecule has 0 fully saturated rings. The van der Waals surface area contributed by atoms with Crippen molar-refractivity contribution in [2.45, 2.75) is 32.6 Å². The van der Waals surface area contributed by atoms with Crippen LogP contribution in [-0.4, -0.2) is 25.0 Å². The highest BCUT2D eigenvalue weighted by Crippen LogP contribution is 2.27. The minimum Gasteiger partial charge on any atom is -0.494 e. The molecule has 0 aliphatic rings. The first-order chi connectivity index (χ1) is 14.0. The van der Waals surface area contributed by atoms with Gasteiger partial charge in [-0.15, -0.1) is 0 Å². The normalized spacial score (nSPS) is 10.3. The van der Waals surface area contributed by atoms with Crippen LogP contribution in [0.2, 0.25) is 5.02 Å². The Hall–Kier alpha value is -2.25. The van der Waals surface area contributed by atoms with Crippen LogP contribution in [0.3, 0.4) is 0 Å². The number of benzene rings is 2. The molecule has 0 heterocycles. The van der Waals surface area contributed by atoms with Gasteiger partial charge in [-0.1, -0.05) is 53.7 Å². The Morgan fingerprint density at radius 2 is 1.76 bits per heavy atom. The number of nitrogens with one attached hydrogen (secondary N) is 2. The second-order valence-corrected chi connectivity index (χ2v) is 7.62. The highest BCUT2D eigenvalue weighted by molar-refractivity contribution is 9.10. The molecule has 29 heavy (non-hydrogen) atoms. The van der Waals surface area contributed by atoms with Crippen molar-refractivity contribution in [1.29, 1.82) is 0 Å². The summed E-state index contributed by atoms with van der Waals surface area (Å²) >= 11 is 9.31. The number of hydrazine groups is 1. The summed E-state index contributed by atoms with van der Waals surface area (Å²) in [6.07, 6.45) is 4.55. The van der Waals surface area contributed by atoms with Gasteiger partial charge in [0, 0.05) is 10.0 Å². The van der Waals surface area contributed by atoms with Gasteiger partial charge >= 0.3 is 0 Å². The summed E-state index contributed by atoms with van der Waals surface area (Å²) in [4.78, 5) is 24.0. The van der Waals surface area contributed by atoms with Gasteiger partial charge in [-0.2, -0.15) is 0 Å². The molecule has 2 aromatic rings. The molecular weight excluding hydrogens is 460 g/mol. The van der Waals surface area contributed by atoms with E-state index in [9.17, 15) is 9.59 Å². The molecular formula is C21H24BrClN2O4. The lowest BCUT2D eigenvalue weighted by Gasteiger charge is -2.10. The third kappa shape index (κ3) is 8.33. The molecule has 6 nitrogen and oxygen atoms in total. The van der Waals surface area contributed by atoms with Gasteiger partial charge in [0.15, 0.2) is 6.61 Å². The molecule has 0 spiro atoms. The number of rotatable bonds is 10. The van der Waals surface area contributed by atoms with E-state index in [0.717, 1.165) is 17.3 Å². The molecule has 2 rings (SSSR count). The highest BCUT2D eigenvalue weighted by Gasteiger charge is 2.09. The van der Waals surface area contributed by atoms with Gasteiger partial charge in [0.1, 0.15) is 11.5 Å². The van der Waals surface area contributed by atoms with Crippen LogP contribution in [0.25, 0.3) is 0 Å². The van der Waals surface area contributed by atoms with Crippen LogP contribution in [0.5, 0.6) is 11.5 Å². The second kappa shape index (κ2) is 12.3. The number of carbonyl (C=O) groups excluding carboxylic acids is 2. The predicted molar refractivity (Wildman–Crippen MR) is 116 cm³/mol. The number of ether oxygens (including phenoxy) is 2. The largest absolute Gasteiger partial charge is 0.494 e. The van der Waals surface area contributed by atoms with Gasteiger partial charge in [-0.05, 0) is 48.9 Å². The summed E-state index contributed by atoms with van der Waals surface area (Å²) in [5.41, 5.74) is 5.05. The van der Waals surface area contributed by atoms with Crippen molar-refractivity contribution in [1.82, 2.24) is 10.9 Å². The Morgan fingerprint density at radius 1 is 1.00 bits per heavy atom. The zero-order valence-electron chi connectivity index (χ0n) is 16.2. The van der Waals surface area contributed by atoms with Crippen molar-refractivity contribution in [2.75, 3.05) is 13.2 Å². The molecule has 0 unspecified atom stereocenters. The smallest absolute Gasteiger partial charge is 0.276 e. The van der Waals surface area contributed by atoms with Crippen molar-refractivity contribution >= 4 is 39.3 Å². The molecule has 156 valence electrons. The van der Waals surface area contributed by atoms with E-state index in [1.54, 1.807) is 42.5 Å². The van der Waals surface area contributed by atoms with E-state index >= 15 is 0 Å². The Balaban J connectivity index is 1.71. The number of hydrogen-bond donors (Lipinski definition) is 2. The van der Waals surface area contributed by atoms with Gasteiger partial charge in [0.2, 0.25) is 0 Å². The first-order valence-corrected chi connectivity index (χ1v) is 10.6. The van der Waals surface area contributed by atoms with Crippen molar-refractivity contribution < 1.29 is 19.1 Å². The highest BCUT2D eigenvalue weighted by atomic mass is 79.9. The molecule has 2 N–H and O–H groups in total. The lowest BCUT2D eigenvalue weighted by Crippen LogP contribution is -2.43. The van der Waals surface area contributed by atoms with E-state index in [1.165, 1.54) is 12.8 Å². The number of amides is 2. The molecule has 0 aliphatic carbocycles. The Labute approximate surface area is 184 Å². The van der Waals surface area contributed by atoms with Gasteiger partial charge in [0.25, 0.3) is 11.8 Å². The molecule has 2 amide bonds. The minimum absolute atomic E-state index is 0.285. The van der Waals surface area contributed by atoms with Crippen LogP contribution < -0.4 is 20.3 Å². The summed E-state index contributed by atoms with van der Waals surface area (Å²) in [7, 11) is 0. The quantitative estimate of drug-likeness (QED) is 0.372. The molecule has 0 bridgehead atoms. The standard InChI is InChI=1S/C21H24BrClN2O4/c1-2-3-4-5-12-28-17-9-6-15(7-10-17)21(27)25-24-20(26)14-29-19-11-8-16(22)13-18(19)23/h6-11,13H,2-5,12,14H2,1H3,(H,24,26)(H,25,27). The van der Waals surface area contributed by atoms with Gasteiger partial charge in [-0.3, -0.25) is 20.4 Å². The van der Waals surface area contributed by atoms with Crippen LogP contribution in [0, 0.1) is 0 Å². The van der Waals surface area contributed by atoms with E-state index in [-0.39, 0.29) is 6.61 Å². The Kier molecular flexibility index (Phi) is 9.80. The average molecular weight is 484 g/mol. The SMILES string of the molecule is CCCCCCOc1ccc(C(=O)NNC(=O)COc2ccc(Br)cc2Cl)cc1. The van der Waals surface area contributed by atoms with Crippen molar-refractivity contribution in [2.24, 2.45) is 0 Å². The summed E-state index contributed by atoms with van der Waals surface area (Å²) in [5.74, 6) is 0.141. The molecule has 8 heteroatoms. The monoisotopic (exact) mass is 482 g/mol.